The zero-order valence-corrected chi connectivity index (χ0v) is 14.7. The molecule has 0 bridgehead atoms. The quantitative estimate of drug-likeness (QED) is 0.341. The highest BCUT2D eigenvalue weighted by atomic mass is 32.2. The molecule has 0 aliphatic carbocycles. The van der Waals surface area contributed by atoms with Crippen LogP contribution in [0.5, 0.6) is 0 Å². The SMILES string of the molecule is CCCCC(=O)OCC(C)SCCCC(C)CCC(F)(F)F. The van der Waals surface area contributed by atoms with Crippen LogP contribution in [0.4, 0.5) is 13.2 Å². The van der Waals surface area contributed by atoms with Gasteiger partial charge in [-0.15, -0.1) is 0 Å². The van der Waals surface area contributed by atoms with Crippen molar-refractivity contribution in [1.82, 2.24) is 0 Å². The lowest BCUT2D eigenvalue weighted by Crippen LogP contribution is -2.14. The van der Waals surface area contributed by atoms with E-state index in [1.807, 2.05) is 20.8 Å². The van der Waals surface area contributed by atoms with E-state index in [1.165, 1.54) is 0 Å². The first-order valence-corrected chi connectivity index (χ1v) is 9.13. The maximum atomic E-state index is 12.1. The van der Waals surface area contributed by atoms with Gasteiger partial charge in [-0.2, -0.15) is 24.9 Å². The molecule has 2 nitrogen and oxygen atoms in total. The second kappa shape index (κ2) is 12.1. The van der Waals surface area contributed by atoms with Crippen LogP contribution in [-0.2, 0) is 9.53 Å². The summed E-state index contributed by atoms with van der Waals surface area (Å²) >= 11 is 1.71. The molecule has 0 fully saturated rings. The van der Waals surface area contributed by atoms with Crippen molar-refractivity contribution in [3.05, 3.63) is 0 Å². The van der Waals surface area contributed by atoms with Crippen LogP contribution in [0.2, 0.25) is 0 Å². The molecule has 0 amide bonds. The van der Waals surface area contributed by atoms with Crippen molar-refractivity contribution < 1.29 is 22.7 Å². The van der Waals surface area contributed by atoms with Crippen molar-refractivity contribution in [1.29, 1.82) is 0 Å². The van der Waals surface area contributed by atoms with Crippen LogP contribution in [0.15, 0.2) is 0 Å². The zero-order valence-electron chi connectivity index (χ0n) is 13.9. The summed E-state index contributed by atoms with van der Waals surface area (Å²) < 4.78 is 41.5. The van der Waals surface area contributed by atoms with Crippen molar-refractivity contribution in [2.24, 2.45) is 5.92 Å². The summed E-state index contributed by atoms with van der Waals surface area (Å²) in [6.07, 6.45) is -0.500. The highest BCUT2D eigenvalue weighted by Gasteiger charge is 2.27. The van der Waals surface area contributed by atoms with Gasteiger partial charge in [0, 0.05) is 18.1 Å². The number of halogens is 3. The van der Waals surface area contributed by atoms with Crippen LogP contribution in [0.25, 0.3) is 0 Å². The third-order valence-electron chi connectivity index (χ3n) is 3.38. The Morgan fingerprint density at radius 3 is 2.45 bits per heavy atom. The number of rotatable bonds is 12. The van der Waals surface area contributed by atoms with E-state index in [1.54, 1.807) is 11.8 Å². The zero-order chi connectivity index (χ0) is 17.0. The molecule has 22 heavy (non-hydrogen) atoms. The highest BCUT2D eigenvalue weighted by Crippen LogP contribution is 2.26. The fourth-order valence-electron chi connectivity index (χ4n) is 1.92. The van der Waals surface area contributed by atoms with Crippen LogP contribution in [0.3, 0.4) is 0 Å². The molecule has 0 aromatic carbocycles. The lowest BCUT2D eigenvalue weighted by Gasteiger charge is -2.14. The highest BCUT2D eigenvalue weighted by molar-refractivity contribution is 7.99. The van der Waals surface area contributed by atoms with E-state index >= 15 is 0 Å². The predicted octanol–water partition coefficient (Wildman–Crippen LogP) is 5.60. The number of alkyl halides is 3. The Labute approximate surface area is 136 Å². The minimum absolute atomic E-state index is 0.101. The molecule has 0 N–H and O–H groups in total. The molecule has 0 aliphatic rings. The Balaban J connectivity index is 3.55. The molecule has 0 aromatic rings. The van der Waals surface area contributed by atoms with Gasteiger partial charge in [-0.25, -0.2) is 0 Å². The molecule has 0 radical (unpaired) electrons. The third-order valence-corrected chi connectivity index (χ3v) is 4.61. The number of thioether (sulfide) groups is 1. The maximum absolute atomic E-state index is 12.1. The number of unbranched alkanes of at least 4 members (excludes halogenated alkanes) is 1. The Morgan fingerprint density at radius 1 is 1.18 bits per heavy atom. The van der Waals surface area contributed by atoms with Crippen molar-refractivity contribution in [3.8, 4) is 0 Å². The van der Waals surface area contributed by atoms with Crippen LogP contribution < -0.4 is 0 Å². The van der Waals surface area contributed by atoms with Crippen molar-refractivity contribution in [2.75, 3.05) is 12.4 Å². The second-order valence-electron chi connectivity index (χ2n) is 5.87. The van der Waals surface area contributed by atoms with Gasteiger partial charge in [0.15, 0.2) is 0 Å². The summed E-state index contributed by atoms with van der Waals surface area (Å²) in [5, 5.41) is 0.232. The Hall–Kier alpha value is -0.390. The summed E-state index contributed by atoms with van der Waals surface area (Å²) in [5.74, 6) is 0.851. The van der Waals surface area contributed by atoms with Gasteiger partial charge in [-0.1, -0.05) is 20.3 Å². The Bertz CT molecular complexity index is 296. The molecule has 6 heteroatoms. The summed E-state index contributed by atoms with van der Waals surface area (Å²) in [5.41, 5.74) is 0. The molecule has 2 unspecified atom stereocenters. The molecule has 0 rings (SSSR count). The summed E-state index contributed by atoms with van der Waals surface area (Å²) in [6.45, 7) is 6.32. The van der Waals surface area contributed by atoms with Gasteiger partial charge in [0.2, 0.25) is 0 Å². The third kappa shape index (κ3) is 14.5. The van der Waals surface area contributed by atoms with Gasteiger partial charge >= 0.3 is 12.1 Å². The number of carbonyl (C=O) groups excluding carboxylic acids is 1. The van der Waals surface area contributed by atoms with E-state index in [2.05, 4.69) is 0 Å². The van der Waals surface area contributed by atoms with Gasteiger partial charge in [-0.05, 0) is 44.3 Å². The summed E-state index contributed by atoms with van der Waals surface area (Å²) in [4.78, 5) is 11.4. The van der Waals surface area contributed by atoms with E-state index in [0.717, 1.165) is 31.4 Å². The minimum atomic E-state index is -4.04. The number of hydrogen-bond acceptors (Lipinski definition) is 3. The molecular weight excluding hydrogens is 313 g/mol. The van der Waals surface area contributed by atoms with Gasteiger partial charge in [0.25, 0.3) is 0 Å². The lowest BCUT2D eigenvalue weighted by atomic mass is 10.0. The normalized spacial score (nSPS) is 14.6. The van der Waals surface area contributed by atoms with Crippen LogP contribution in [0, 0.1) is 5.92 Å². The van der Waals surface area contributed by atoms with Gasteiger partial charge in [-0.3, -0.25) is 4.79 Å². The van der Waals surface area contributed by atoms with Crippen molar-refractivity contribution >= 4 is 17.7 Å². The van der Waals surface area contributed by atoms with Gasteiger partial charge in [0.1, 0.15) is 6.61 Å². The number of ether oxygens (including phenoxy) is 1. The van der Waals surface area contributed by atoms with Crippen molar-refractivity contribution in [2.45, 2.75) is 77.1 Å². The standard InChI is InChI=1S/C16H29F3O2S/c1-4-5-8-15(20)21-12-14(3)22-11-6-7-13(2)9-10-16(17,18)19/h13-14H,4-12H2,1-3H3. The van der Waals surface area contributed by atoms with E-state index in [0.29, 0.717) is 13.0 Å². The van der Waals surface area contributed by atoms with Crippen LogP contribution in [0.1, 0.15) is 65.7 Å². The molecule has 0 saturated carbocycles. The molecule has 132 valence electrons. The number of carbonyl (C=O) groups is 1. The van der Waals surface area contributed by atoms with Crippen LogP contribution in [-0.4, -0.2) is 29.8 Å². The Morgan fingerprint density at radius 2 is 1.86 bits per heavy atom. The molecule has 0 heterocycles. The average Bonchev–Trinajstić information content (AvgIpc) is 2.44. The molecule has 2 atom stereocenters. The predicted molar refractivity (Wildman–Crippen MR) is 86.1 cm³/mol. The van der Waals surface area contributed by atoms with Crippen LogP contribution >= 0.6 is 11.8 Å². The van der Waals surface area contributed by atoms with E-state index in [9.17, 15) is 18.0 Å². The monoisotopic (exact) mass is 342 g/mol. The van der Waals surface area contributed by atoms with E-state index < -0.39 is 12.6 Å². The molecule has 0 aliphatic heterocycles. The van der Waals surface area contributed by atoms with Gasteiger partial charge < -0.3 is 4.74 Å². The largest absolute Gasteiger partial charge is 0.465 e. The first-order chi connectivity index (χ1) is 10.2. The smallest absolute Gasteiger partial charge is 0.389 e. The fraction of sp³-hybridized carbons (Fsp3) is 0.938. The maximum Gasteiger partial charge on any atom is 0.389 e. The molecular formula is C16H29F3O2S. The number of esters is 1. The first kappa shape index (κ1) is 21.6. The van der Waals surface area contributed by atoms with E-state index in [-0.39, 0.29) is 23.6 Å². The molecule has 0 spiro atoms. The molecule has 0 aromatic heterocycles. The lowest BCUT2D eigenvalue weighted by molar-refractivity contribution is -0.143. The summed E-state index contributed by atoms with van der Waals surface area (Å²) in [7, 11) is 0. The fourth-order valence-corrected chi connectivity index (χ4v) is 2.82. The first-order valence-electron chi connectivity index (χ1n) is 8.08. The second-order valence-corrected chi connectivity index (χ2v) is 7.42. The molecule has 0 saturated heterocycles. The Kier molecular flexibility index (Phi) is 11.9. The number of hydrogen-bond donors (Lipinski definition) is 0. The van der Waals surface area contributed by atoms with E-state index in [4.69, 9.17) is 4.74 Å². The average molecular weight is 342 g/mol. The van der Waals surface area contributed by atoms with Gasteiger partial charge in [0.05, 0.1) is 0 Å². The summed E-state index contributed by atoms with van der Waals surface area (Å²) in [6, 6.07) is 0. The van der Waals surface area contributed by atoms with Crippen molar-refractivity contribution in [3.63, 3.8) is 0 Å². The topological polar surface area (TPSA) is 26.3 Å². The minimum Gasteiger partial charge on any atom is -0.465 e.